The summed E-state index contributed by atoms with van der Waals surface area (Å²) >= 11 is 1.67. The summed E-state index contributed by atoms with van der Waals surface area (Å²) in [5.74, 6) is 0.401. The molecular formula is C20H26N4OS. The van der Waals surface area contributed by atoms with Gasteiger partial charge in [0.25, 0.3) is 5.91 Å². The van der Waals surface area contributed by atoms with Crippen LogP contribution in [0.5, 0.6) is 0 Å². The molecule has 1 fully saturated rings. The zero-order valence-electron chi connectivity index (χ0n) is 15.9. The summed E-state index contributed by atoms with van der Waals surface area (Å²) in [7, 11) is 0. The fourth-order valence-electron chi connectivity index (χ4n) is 3.53. The topological polar surface area (TPSA) is 52.3 Å². The fraction of sp³-hybridized carbons (Fsp3) is 0.500. The molecule has 0 bridgehead atoms. The van der Waals surface area contributed by atoms with Gasteiger partial charge in [0.05, 0.1) is 11.6 Å². The van der Waals surface area contributed by atoms with E-state index >= 15 is 0 Å². The summed E-state index contributed by atoms with van der Waals surface area (Å²) in [6.07, 6.45) is 3.97. The summed E-state index contributed by atoms with van der Waals surface area (Å²) in [5.41, 5.74) is 1.89. The zero-order valence-corrected chi connectivity index (χ0v) is 16.7. The van der Waals surface area contributed by atoms with Crippen molar-refractivity contribution < 1.29 is 4.79 Å². The molecule has 6 heteroatoms. The maximum Gasteiger partial charge on any atom is 0.257 e. The van der Waals surface area contributed by atoms with Gasteiger partial charge in [0.1, 0.15) is 11.0 Å². The Labute approximate surface area is 159 Å². The van der Waals surface area contributed by atoms with Crippen LogP contribution in [-0.2, 0) is 0 Å². The maximum absolute atomic E-state index is 13.3. The van der Waals surface area contributed by atoms with Crippen molar-refractivity contribution in [2.24, 2.45) is 5.92 Å². The minimum Gasteiger partial charge on any atom is -0.336 e. The molecule has 5 nitrogen and oxygen atoms in total. The Morgan fingerprint density at radius 1 is 1.15 bits per heavy atom. The molecule has 1 atom stereocenters. The number of amides is 1. The lowest BCUT2D eigenvalue weighted by Gasteiger charge is -2.38. The Bertz CT molecular complexity index is 808. The number of thiophene rings is 1. The van der Waals surface area contributed by atoms with Crippen LogP contribution in [0.3, 0.4) is 0 Å². The molecule has 1 amide bonds. The van der Waals surface area contributed by atoms with E-state index in [9.17, 15) is 10.1 Å². The molecule has 0 radical (unpaired) electrons. The zero-order chi connectivity index (χ0) is 18.8. The van der Waals surface area contributed by atoms with Crippen LogP contribution in [0.25, 0.3) is 5.00 Å². The lowest BCUT2D eigenvalue weighted by atomic mass is 10.0. The highest BCUT2D eigenvalue weighted by Crippen LogP contribution is 2.32. The molecule has 0 aromatic carbocycles. The quantitative estimate of drug-likeness (QED) is 0.828. The lowest BCUT2D eigenvalue weighted by molar-refractivity contribution is 0.0576. The van der Waals surface area contributed by atoms with Crippen molar-refractivity contribution >= 4 is 17.2 Å². The number of hydrogen-bond donors (Lipinski definition) is 0. The van der Waals surface area contributed by atoms with E-state index in [1.807, 2.05) is 40.9 Å². The maximum atomic E-state index is 13.3. The predicted molar refractivity (Wildman–Crippen MR) is 105 cm³/mol. The van der Waals surface area contributed by atoms with E-state index in [1.54, 1.807) is 11.3 Å². The molecule has 0 saturated carbocycles. The summed E-state index contributed by atoms with van der Waals surface area (Å²) in [4.78, 5) is 18.6. The van der Waals surface area contributed by atoms with Crippen molar-refractivity contribution in [2.75, 3.05) is 26.2 Å². The Morgan fingerprint density at radius 2 is 1.77 bits per heavy atom. The second-order valence-corrected chi connectivity index (χ2v) is 8.40. The molecule has 138 valence electrons. The minimum absolute atomic E-state index is 0.0761. The van der Waals surface area contributed by atoms with Crippen LogP contribution in [-0.4, -0.2) is 52.5 Å². The number of nitriles is 1. The highest BCUT2D eigenvalue weighted by atomic mass is 32.1. The highest BCUT2D eigenvalue weighted by molar-refractivity contribution is 7.15. The van der Waals surface area contributed by atoms with Gasteiger partial charge in [-0.1, -0.05) is 13.8 Å². The van der Waals surface area contributed by atoms with Crippen LogP contribution in [0.1, 0.15) is 34.6 Å². The predicted octanol–water partition coefficient (Wildman–Crippen LogP) is 3.46. The smallest absolute Gasteiger partial charge is 0.257 e. The summed E-state index contributed by atoms with van der Waals surface area (Å²) in [5, 5.41) is 10.4. The molecule has 0 N–H and O–H groups in total. The number of nitrogens with zero attached hydrogens (tertiary/aromatic N) is 4. The second-order valence-electron chi connectivity index (χ2n) is 7.20. The van der Waals surface area contributed by atoms with Gasteiger partial charge in [0.15, 0.2) is 0 Å². The first-order valence-corrected chi connectivity index (χ1v) is 9.92. The fourth-order valence-corrected chi connectivity index (χ4v) is 4.64. The number of carbonyl (C=O) groups is 1. The van der Waals surface area contributed by atoms with Crippen LogP contribution in [0.4, 0.5) is 0 Å². The van der Waals surface area contributed by atoms with Crippen molar-refractivity contribution in [2.45, 2.75) is 33.7 Å². The molecule has 3 heterocycles. The highest BCUT2D eigenvalue weighted by Gasteiger charge is 2.30. The van der Waals surface area contributed by atoms with E-state index in [0.29, 0.717) is 19.0 Å². The summed E-state index contributed by atoms with van der Waals surface area (Å²) in [6.45, 7) is 11.1. The van der Waals surface area contributed by atoms with Gasteiger partial charge in [-0.05, 0) is 37.5 Å². The van der Waals surface area contributed by atoms with Crippen LogP contribution >= 0.6 is 11.3 Å². The summed E-state index contributed by atoms with van der Waals surface area (Å²) < 4.78 is 2.03. The van der Waals surface area contributed by atoms with Gasteiger partial charge in [-0.2, -0.15) is 5.26 Å². The Balaban J connectivity index is 1.79. The average molecular weight is 371 g/mol. The molecule has 2 aromatic heterocycles. The van der Waals surface area contributed by atoms with Crippen LogP contribution in [0, 0.1) is 31.1 Å². The first-order chi connectivity index (χ1) is 12.4. The van der Waals surface area contributed by atoms with Crippen LogP contribution in [0.15, 0.2) is 24.5 Å². The van der Waals surface area contributed by atoms with Crippen LogP contribution in [0.2, 0.25) is 0 Å². The molecule has 0 spiro atoms. The third-order valence-corrected chi connectivity index (χ3v) is 6.40. The number of piperazine rings is 1. The SMILES string of the molecule is Cc1sc(-n2cccc2)c(C(=O)N2CCN(C(C#N)C(C)C)CC2)c1C. The summed E-state index contributed by atoms with van der Waals surface area (Å²) in [6, 6.07) is 6.29. The molecule has 1 aliphatic heterocycles. The van der Waals surface area contributed by atoms with Gasteiger partial charge in [-0.15, -0.1) is 11.3 Å². The minimum atomic E-state index is -0.0761. The van der Waals surface area contributed by atoms with Crippen molar-refractivity contribution in [3.05, 3.63) is 40.5 Å². The van der Waals surface area contributed by atoms with Gasteiger partial charge in [-0.25, -0.2) is 0 Å². The van der Waals surface area contributed by atoms with E-state index in [1.165, 1.54) is 4.88 Å². The molecule has 1 unspecified atom stereocenters. The van der Waals surface area contributed by atoms with Crippen molar-refractivity contribution in [3.8, 4) is 11.1 Å². The van der Waals surface area contributed by atoms with Gasteiger partial charge in [-0.3, -0.25) is 9.69 Å². The van der Waals surface area contributed by atoms with Crippen molar-refractivity contribution in [1.29, 1.82) is 5.26 Å². The van der Waals surface area contributed by atoms with E-state index in [0.717, 1.165) is 29.2 Å². The lowest BCUT2D eigenvalue weighted by Crippen LogP contribution is -2.53. The average Bonchev–Trinajstić information content (AvgIpc) is 3.24. The Morgan fingerprint density at radius 3 is 2.31 bits per heavy atom. The normalized spacial score (nSPS) is 16.7. The van der Waals surface area contributed by atoms with E-state index in [-0.39, 0.29) is 11.9 Å². The number of carbonyl (C=O) groups excluding carboxylic acids is 1. The van der Waals surface area contributed by atoms with Crippen molar-refractivity contribution in [1.82, 2.24) is 14.4 Å². The second kappa shape index (κ2) is 7.65. The largest absolute Gasteiger partial charge is 0.336 e. The third-order valence-electron chi connectivity index (χ3n) is 5.18. The monoisotopic (exact) mass is 370 g/mol. The Hall–Kier alpha value is -2.10. The number of aryl methyl sites for hydroxylation is 1. The van der Waals surface area contributed by atoms with Crippen LogP contribution < -0.4 is 0 Å². The molecule has 26 heavy (non-hydrogen) atoms. The van der Waals surface area contributed by atoms with Crippen molar-refractivity contribution in [3.63, 3.8) is 0 Å². The number of hydrogen-bond acceptors (Lipinski definition) is 4. The van der Waals surface area contributed by atoms with Gasteiger partial charge in [0, 0.05) is 43.4 Å². The first kappa shape index (κ1) is 18.7. The number of aromatic nitrogens is 1. The first-order valence-electron chi connectivity index (χ1n) is 9.10. The molecular weight excluding hydrogens is 344 g/mol. The van der Waals surface area contributed by atoms with E-state index < -0.39 is 0 Å². The standard InChI is InChI=1S/C20H26N4OS/c1-14(2)17(13-21)22-9-11-23(12-10-22)19(25)18-15(3)16(4)26-20(18)24-7-5-6-8-24/h5-8,14,17H,9-12H2,1-4H3. The molecule has 0 aliphatic carbocycles. The molecule has 1 aliphatic rings. The third kappa shape index (κ3) is 3.42. The van der Waals surface area contributed by atoms with E-state index in [2.05, 4.69) is 31.7 Å². The van der Waals surface area contributed by atoms with E-state index in [4.69, 9.17) is 0 Å². The molecule has 2 aromatic rings. The van der Waals surface area contributed by atoms with Gasteiger partial charge in [0.2, 0.25) is 0 Å². The van der Waals surface area contributed by atoms with Gasteiger partial charge < -0.3 is 9.47 Å². The molecule has 1 saturated heterocycles. The Kier molecular flexibility index (Phi) is 5.49. The van der Waals surface area contributed by atoms with Gasteiger partial charge >= 0.3 is 0 Å². The number of rotatable bonds is 4. The molecule has 3 rings (SSSR count).